The first-order valence-corrected chi connectivity index (χ1v) is 8.72. The lowest BCUT2D eigenvalue weighted by atomic mass is 10.3. The quantitative estimate of drug-likeness (QED) is 0.540. The number of nitrogens with zero attached hydrogens (tertiary/aromatic N) is 3. The largest absolute Gasteiger partial charge is 0.318 e. The molecule has 0 aliphatic heterocycles. The van der Waals surface area contributed by atoms with Crippen molar-refractivity contribution < 1.29 is 27.0 Å². The molecule has 1 atom stereocenters. The van der Waals surface area contributed by atoms with E-state index in [1.54, 1.807) is 12.1 Å². The van der Waals surface area contributed by atoms with Crippen LogP contribution in [-0.2, 0) is 14.5 Å². The van der Waals surface area contributed by atoms with Crippen LogP contribution in [0, 0.1) is 17.5 Å². The molecule has 3 rings (SSSR count). The number of benzene rings is 1. The molecule has 2 heterocycles. The zero-order chi connectivity index (χ0) is 19.6. The van der Waals surface area contributed by atoms with Crippen LogP contribution in [0.5, 0.6) is 0 Å². The summed E-state index contributed by atoms with van der Waals surface area (Å²) >= 11 is 0. The van der Waals surface area contributed by atoms with Gasteiger partial charge < -0.3 is 5.32 Å². The Morgan fingerprint density at radius 2 is 1.89 bits per heavy atom. The molecule has 0 radical (unpaired) electrons. The van der Waals surface area contributed by atoms with E-state index < -0.39 is 38.0 Å². The molecular weight excluding hydrogens is 385 g/mol. The van der Waals surface area contributed by atoms with Crippen molar-refractivity contribution in [3.8, 4) is 0 Å². The number of aromatic nitrogens is 3. The van der Waals surface area contributed by atoms with Crippen LogP contribution in [0.2, 0.25) is 0 Å². The van der Waals surface area contributed by atoms with Gasteiger partial charge >= 0.3 is 0 Å². The predicted octanol–water partition coefficient (Wildman–Crippen LogP) is 2.12. The Kier molecular flexibility index (Phi) is 4.80. The smallest absolute Gasteiger partial charge is 0.274 e. The summed E-state index contributed by atoms with van der Waals surface area (Å²) in [4.78, 5) is 26.2. The van der Waals surface area contributed by atoms with E-state index in [1.165, 1.54) is 12.3 Å². The van der Waals surface area contributed by atoms with Crippen molar-refractivity contribution in [3.05, 3.63) is 72.1 Å². The highest BCUT2D eigenvalue weighted by Gasteiger charge is 2.23. The summed E-state index contributed by atoms with van der Waals surface area (Å²) in [6.45, 7) is 0. The molecule has 3 aromatic rings. The number of nitrogens with one attached hydrogen (secondary N) is 1. The van der Waals surface area contributed by atoms with Crippen LogP contribution in [0.25, 0.3) is 0 Å². The zero-order valence-corrected chi connectivity index (χ0v) is 14.0. The number of hydrogen-bond acceptors (Lipinski definition) is 5. The van der Waals surface area contributed by atoms with Gasteiger partial charge in [0.15, 0.2) is 21.3 Å². The molecule has 11 heteroatoms. The molecule has 1 unspecified atom stereocenters. The predicted molar refractivity (Wildman–Crippen MR) is 88.2 cm³/mol. The van der Waals surface area contributed by atoms with Gasteiger partial charge in [0.2, 0.25) is 5.23 Å². The summed E-state index contributed by atoms with van der Waals surface area (Å²) in [5.41, 5.74) is 0.0937. The number of amides is 1. The van der Waals surface area contributed by atoms with E-state index in [0.29, 0.717) is 10.2 Å². The Balaban J connectivity index is 1.97. The van der Waals surface area contributed by atoms with E-state index in [2.05, 4.69) is 15.4 Å². The van der Waals surface area contributed by atoms with Crippen LogP contribution in [0.4, 0.5) is 18.9 Å². The first kappa shape index (κ1) is 18.4. The second-order valence-electron chi connectivity index (χ2n) is 5.11. The molecule has 0 aliphatic carbocycles. The minimum atomic E-state index is -4.18. The van der Waals surface area contributed by atoms with Crippen molar-refractivity contribution >= 4 is 26.5 Å². The maximum atomic E-state index is 14.0. The molecule has 27 heavy (non-hydrogen) atoms. The van der Waals surface area contributed by atoms with Crippen molar-refractivity contribution in [2.75, 3.05) is 5.32 Å². The number of rotatable bonds is 4. The van der Waals surface area contributed by atoms with Crippen molar-refractivity contribution in [2.24, 2.45) is 0 Å². The average molecular weight is 394 g/mol. The minimum absolute atomic E-state index is 0.0108. The molecule has 0 fully saturated rings. The van der Waals surface area contributed by atoms with Gasteiger partial charge in [0, 0.05) is 12.3 Å². The van der Waals surface area contributed by atoms with Gasteiger partial charge in [-0.15, -0.1) is 0 Å². The highest BCUT2D eigenvalue weighted by atomic mass is 32.2. The van der Waals surface area contributed by atoms with Gasteiger partial charge in [-0.2, -0.15) is 9.19 Å². The second kappa shape index (κ2) is 7.06. The lowest BCUT2D eigenvalue weighted by molar-refractivity contribution is 0.102. The van der Waals surface area contributed by atoms with Crippen molar-refractivity contribution in [2.45, 2.75) is 4.90 Å². The molecular formula is C16H9F3N4O3S. The summed E-state index contributed by atoms with van der Waals surface area (Å²) in [6, 6.07) is 5.10. The third-order valence-electron chi connectivity index (χ3n) is 3.36. The monoisotopic (exact) mass is 394 g/mol. The highest BCUT2D eigenvalue weighted by Crippen LogP contribution is 2.22. The maximum absolute atomic E-state index is 14.0. The molecule has 138 valence electrons. The van der Waals surface area contributed by atoms with Crippen molar-refractivity contribution in [1.29, 1.82) is 0 Å². The highest BCUT2D eigenvalue weighted by molar-refractivity contribution is 7.99. The van der Waals surface area contributed by atoms with E-state index in [4.69, 9.17) is 0 Å². The van der Waals surface area contributed by atoms with Gasteiger partial charge in [-0.25, -0.2) is 22.2 Å². The minimum Gasteiger partial charge on any atom is -0.318 e. The fourth-order valence-corrected chi connectivity index (χ4v) is 3.50. The number of halogens is 3. The molecule has 7 nitrogen and oxygen atoms in total. The van der Waals surface area contributed by atoms with Gasteiger partial charge in [0.1, 0.15) is 16.4 Å². The SMILES string of the molecule is O=C=S(=O)(c1cc(F)c(F)cc1F)n1cc(NC(=O)c2ccccn2)cn1. The maximum Gasteiger partial charge on any atom is 0.274 e. The summed E-state index contributed by atoms with van der Waals surface area (Å²) in [5.74, 6) is -5.02. The fraction of sp³-hybridized carbons (Fsp3) is 0. The van der Waals surface area contributed by atoms with Crippen LogP contribution in [-0.4, -0.2) is 29.5 Å². The van der Waals surface area contributed by atoms with Gasteiger partial charge in [0.05, 0.1) is 18.1 Å². The van der Waals surface area contributed by atoms with E-state index in [0.717, 1.165) is 17.6 Å². The first-order chi connectivity index (χ1) is 12.8. The first-order valence-electron chi connectivity index (χ1n) is 7.20. The van der Waals surface area contributed by atoms with Gasteiger partial charge in [0.25, 0.3) is 5.91 Å². The Labute approximate surface area is 150 Å². The van der Waals surface area contributed by atoms with Crippen LogP contribution in [0.1, 0.15) is 10.5 Å². The van der Waals surface area contributed by atoms with Crippen LogP contribution >= 0.6 is 0 Å². The third kappa shape index (κ3) is 3.46. The Hall–Kier alpha value is -3.43. The average Bonchev–Trinajstić information content (AvgIpc) is 3.14. The number of carbonyl (C=O) groups is 1. The molecule has 0 saturated heterocycles. The Morgan fingerprint density at radius 3 is 2.56 bits per heavy atom. The topological polar surface area (TPSA) is 94.0 Å². The van der Waals surface area contributed by atoms with Crippen LogP contribution in [0.15, 0.2) is 53.8 Å². The molecule has 0 aliphatic rings. The molecule has 2 aromatic heterocycles. The summed E-state index contributed by atoms with van der Waals surface area (Å²) in [7, 11) is -4.18. The van der Waals surface area contributed by atoms with Gasteiger partial charge in [-0.05, 0) is 18.2 Å². The van der Waals surface area contributed by atoms with E-state index in [-0.39, 0.29) is 17.4 Å². The summed E-state index contributed by atoms with van der Waals surface area (Å²) < 4.78 is 53.8. The van der Waals surface area contributed by atoms with Crippen molar-refractivity contribution in [1.82, 2.24) is 14.2 Å². The second-order valence-corrected chi connectivity index (χ2v) is 7.14. The molecule has 0 saturated carbocycles. The standard InChI is InChI=1S/C16H9F3N4O3S/c17-11-5-13(19)15(6-12(11)18)27(26,9-24)23-8-10(7-21-23)22-16(25)14-3-1-2-4-20-14/h1-8H,(H,22,25). The molecule has 0 spiro atoms. The lowest BCUT2D eigenvalue weighted by Gasteiger charge is -2.08. The van der Waals surface area contributed by atoms with Gasteiger partial charge in [-0.3, -0.25) is 9.78 Å². The van der Waals surface area contributed by atoms with Crippen molar-refractivity contribution in [3.63, 3.8) is 0 Å². The summed E-state index contributed by atoms with van der Waals surface area (Å²) in [5, 5.41) is 7.15. The lowest BCUT2D eigenvalue weighted by Crippen LogP contribution is -2.17. The number of carbonyl (C=O) groups excluding carboxylic acids is 2. The normalized spacial score (nSPS) is 12.9. The summed E-state index contributed by atoms with van der Waals surface area (Å²) in [6.07, 6.45) is 3.41. The van der Waals surface area contributed by atoms with Crippen LogP contribution < -0.4 is 5.32 Å². The Morgan fingerprint density at radius 1 is 1.15 bits per heavy atom. The molecule has 1 N–H and O–H groups in total. The number of anilines is 1. The van der Waals surface area contributed by atoms with E-state index >= 15 is 0 Å². The molecule has 0 bridgehead atoms. The van der Waals surface area contributed by atoms with E-state index in [9.17, 15) is 27.0 Å². The molecule has 1 amide bonds. The van der Waals surface area contributed by atoms with E-state index in [1.807, 2.05) is 0 Å². The zero-order valence-electron chi connectivity index (χ0n) is 13.2. The van der Waals surface area contributed by atoms with Gasteiger partial charge in [-0.1, -0.05) is 6.07 Å². The third-order valence-corrected chi connectivity index (χ3v) is 5.23. The Bertz CT molecular complexity index is 1170. The number of pyridine rings is 1. The molecule has 1 aromatic carbocycles. The van der Waals surface area contributed by atoms with Crippen LogP contribution in [0.3, 0.4) is 0 Å². The number of hydrogen-bond donors (Lipinski definition) is 1. The fourth-order valence-electron chi connectivity index (χ4n) is 2.10.